The number of halogens is 4. The first-order valence-corrected chi connectivity index (χ1v) is 12.9. The molecule has 1 aromatic carbocycles. The lowest BCUT2D eigenvalue weighted by Gasteiger charge is -2.22. The SMILES string of the molecule is O=C(NCc1ccnc(-c2ccc(C(F)(F)F)cn2)c1)[C@@H]1CCCN1S(=O)(=O)c1cc2cc(F)ccc2o1. The maximum Gasteiger partial charge on any atom is 0.417 e. The summed E-state index contributed by atoms with van der Waals surface area (Å²) in [5.41, 5.74) is 0.468. The number of benzene rings is 1. The van der Waals surface area contributed by atoms with Gasteiger partial charge in [0.25, 0.3) is 10.0 Å². The molecule has 1 amide bonds. The van der Waals surface area contributed by atoms with Crippen molar-refractivity contribution in [2.75, 3.05) is 6.54 Å². The normalized spacial score (nSPS) is 16.7. The number of amides is 1. The Balaban J connectivity index is 1.28. The molecule has 1 fully saturated rings. The molecule has 0 radical (unpaired) electrons. The Morgan fingerprint density at radius 3 is 2.63 bits per heavy atom. The molecule has 198 valence electrons. The molecule has 1 aliphatic heterocycles. The maximum atomic E-state index is 13.5. The van der Waals surface area contributed by atoms with Gasteiger partial charge in [-0.2, -0.15) is 17.5 Å². The molecule has 0 bridgehead atoms. The Bertz CT molecular complexity index is 1600. The number of nitrogens with one attached hydrogen (secondary N) is 1. The van der Waals surface area contributed by atoms with Crippen molar-refractivity contribution in [2.24, 2.45) is 0 Å². The number of alkyl halides is 3. The van der Waals surface area contributed by atoms with Crippen LogP contribution in [0.1, 0.15) is 24.0 Å². The molecule has 8 nitrogen and oxygen atoms in total. The molecule has 0 saturated carbocycles. The Labute approximate surface area is 214 Å². The van der Waals surface area contributed by atoms with Gasteiger partial charge in [-0.1, -0.05) is 0 Å². The molecule has 3 aromatic heterocycles. The molecule has 4 heterocycles. The molecule has 0 aliphatic carbocycles. The molecule has 13 heteroatoms. The van der Waals surface area contributed by atoms with Crippen molar-refractivity contribution in [3.8, 4) is 11.4 Å². The van der Waals surface area contributed by atoms with Crippen LogP contribution in [-0.4, -0.2) is 41.2 Å². The van der Waals surface area contributed by atoms with Crippen molar-refractivity contribution < 1.29 is 35.2 Å². The number of sulfonamides is 1. The maximum absolute atomic E-state index is 13.5. The van der Waals surface area contributed by atoms with E-state index >= 15 is 0 Å². The Morgan fingerprint density at radius 1 is 1.08 bits per heavy atom. The monoisotopic (exact) mass is 548 g/mol. The van der Waals surface area contributed by atoms with Crippen LogP contribution in [-0.2, 0) is 27.5 Å². The fourth-order valence-corrected chi connectivity index (χ4v) is 5.87. The zero-order valence-electron chi connectivity index (χ0n) is 19.6. The first-order chi connectivity index (χ1) is 18.0. The number of nitrogens with zero attached hydrogens (tertiary/aromatic N) is 3. The Morgan fingerprint density at radius 2 is 1.89 bits per heavy atom. The fraction of sp³-hybridized carbons (Fsp3) is 0.240. The fourth-order valence-electron chi connectivity index (χ4n) is 4.27. The second kappa shape index (κ2) is 9.80. The summed E-state index contributed by atoms with van der Waals surface area (Å²) in [6.07, 6.45) is -1.58. The summed E-state index contributed by atoms with van der Waals surface area (Å²) >= 11 is 0. The molecule has 5 rings (SSSR count). The minimum Gasteiger partial charge on any atom is -0.443 e. The molecule has 1 saturated heterocycles. The third-order valence-electron chi connectivity index (χ3n) is 6.17. The van der Waals surface area contributed by atoms with E-state index in [2.05, 4.69) is 15.3 Å². The van der Waals surface area contributed by atoms with E-state index in [-0.39, 0.29) is 29.5 Å². The average Bonchev–Trinajstić information content (AvgIpc) is 3.55. The highest BCUT2D eigenvalue weighted by Gasteiger charge is 2.41. The molecular formula is C25H20F4N4O4S. The predicted octanol–water partition coefficient (Wildman–Crippen LogP) is 4.52. The van der Waals surface area contributed by atoms with Gasteiger partial charge in [0.2, 0.25) is 11.0 Å². The van der Waals surface area contributed by atoms with E-state index in [1.807, 2.05) is 0 Å². The number of carbonyl (C=O) groups is 1. The van der Waals surface area contributed by atoms with E-state index in [1.165, 1.54) is 24.4 Å². The van der Waals surface area contributed by atoms with E-state index in [9.17, 15) is 30.8 Å². The smallest absolute Gasteiger partial charge is 0.417 e. The van der Waals surface area contributed by atoms with Crippen molar-refractivity contribution in [3.63, 3.8) is 0 Å². The van der Waals surface area contributed by atoms with Crippen LogP contribution in [0.5, 0.6) is 0 Å². The molecule has 1 atom stereocenters. The largest absolute Gasteiger partial charge is 0.443 e. The summed E-state index contributed by atoms with van der Waals surface area (Å²) in [4.78, 5) is 20.9. The molecule has 4 aromatic rings. The lowest BCUT2D eigenvalue weighted by atomic mass is 10.1. The summed E-state index contributed by atoms with van der Waals surface area (Å²) in [6, 6.07) is 9.23. The van der Waals surface area contributed by atoms with Gasteiger partial charge >= 0.3 is 6.18 Å². The minimum absolute atomic E-state index is 0.0310. The van der Waals surface area contributed by atoms with Gasteiger partial charge < -0.3 is 9.73 Å². The summed E-state index contributed by atoms with van der Waals surface area (Å²) < 4.78 is 84.9. The number of hydrogen-bond acceptors (Lipinski definition) is 6. The summed E-state index contributed by atoms with van der Waals surface area (Å²) in [7, 11) is -4.16. The van der Waals surface area contributed by atoms with Gasteiger partial charge in [-0.15, -0.1) is 0 Å². The van der Waals surface area contributed by atoms with Crippen molar-refractivity contribution in [1.29, 1.82) is 0 Å². The first-order valence-electron chi connectivity index (χ1n) is 11.5. The van der Waals surface area contributed by atoms with Crippen LogP contribution < -0.4 is 5.32 Å². The number of carbonyl (C=O) groups excluding carboxylic acids is 1. The minimum atomic E-state index is -4.50. The van der Waals surface area contributed by atoms with E-state index in [4.69, 9.17) is 4.42 Å². The second-order valence-corrected chi connectivity index (χ2v) is 10.5. The highest BCUT2D eigenvalue weighted by molar-refractivity contribution is 7.89. The molecule has 0 spiro atoms. The summed E-state index contributed by atoms with van der Waals surface area (Å²) in [5.74, 6) is -1.05. The van der Waals surface area contributed by atoms with Gasteiger partial charge in [-0.25, -0.2) is 12.8 Å². The average molecular weight is 549 g/mol. The molecular weight excluding hydrogens is 528 g/mol. The number of fused-ring (bicyclic) bond motifs is 1. The van der Waals surface area contributed by atoms with E-state index in [0.717, 1.165) is 28.7 Å². The lowest BCUT2D eigenvalue weighted by molar-refractivity contribution is -0.137. The predicted molar refractivity (Wildman–Crippen MR) is 127 cm³/mol. The first kappa shape index (κ1) is 25.8. The molecule has 1 aliphatic rings. The molecule has 0 unspecified atom stereocenters. The van der Waals surface area contributed by atoms with E-state index < -0.39 is 39.5 Å². The van der Waals surface area contributed by atoms with Gasteiger partial charge in [0, 0.05) is 36.9 Å². The number of pyridine rings is 2. The highest BCUT2D eigenvalue weighted by atomic mass is 32.2. The van der Waals surface area contributed by atoms with E-state index in [0.29, 0.717) is 29.5 Å². The number of furan rings is 1. The van der Waals surface area contributed by atoms with Crippen LogP contribution in [0.2, 0.25) is 0 Å². The third-order valence-corrected chi connectivity index (χ3v) is 7.93. The number of aromatic nitrogens is 2. The van der Waals surface area contributed by atoms with Crippen LogP contribution in [0.15, 0.2) is 70.4 Å². The number of hydrogen-bond donors (Lipinski definition) is 1. The standard InChI is InChI=1S/C25H20F4N4O4S/c26-18-4-6-22-16(11-18)12-23(37-22)38(35,36)33-9-1-2-21(33)24(34)32-13-15-7-8-30-20(10-15)19-5-3-17(14-31-19)25(27,28)29/h3-8,10-12,14,21H,1-2,9,13H2,(H,32,34)/t21-/m0/s1. The van der Waals surface area contributed by atoms with Crippen molar-refractivity contribution in [2.45, 2.75) is 36.7 Å². The zero-order valence-corrected chi connectivity index (χ0v) is 20.4. The van der Waals surface area contributed by atoms with Gasteiger partial charge in [0.15, 0.2) is 0 Å². The summed E-state index contributed by atoms with van der Waals surface area (Å²) in [6.45, 7) is 0.147. The topological polar surface area (TPSA) is 105 Å². The zero-order chi connectivity index (χ0) is 27.1. The van der Waals surface area contributed by atoms with Crippen molar-refractivity contribution in [1.82, 2.24) is 19.6 Å². The summed E-state index contributed by atoms with van der Waals surface area (Å²) in [5, 5.41) is 2.63. The van der Waals surface area contributed by atoms with Crippen LogP contribution in [0.25, 0.3) is 22.4 Å². The lowest BCUT2D eigenvalue weighted by Crippen LogP contribution is -2.45. The van der Waals surface area contributed by atoms with Gasteiger partial charge in [0.1, 0.15) is 17.4 Å². The van der Waals surface area contributed by atoms with Crippen molar-refractivity contribution >= 4 is 26.9 Å². The third kappa shape index (κ3) is 5.11. The number of rotatable bonds is 6. The molecule has 38 heavy (non-hydrogen) atoms. The van der Waals surface area contributed by atoms with Crippen LogP contribution in [0.3, 0.4) is 0 Å². The quantitative estimate of drug-likeness (QED) is 0.356. The highest BCUT2D eigenvalue weighted by Crippen LogP contribution is 2.31. The Kier molecular flexibility index (Phi) is 6.65. The second-order valence-electron chi connectivity index (χ2n) is 8.72. The Hall–Kier alpha value is -3.84. The van der Waals surface area contributed by atoms with Crippen LogP contribution in [0.4, 0.5) is 17.6 Å². The molecule has 1 N–H and O–H groups in total. The van der Waals surface area contributed by atoms with E-state index in [1.54, 1.807) is 12.1 Å². The van der Waals surface area contributed by atoms with Gasteiger partial charge in [-0.3, -0.25) is 14.8 Å². The van der Waals surface area contributed by atoms with Crippen molar-refractivity contribution in [3.05, 3.63) is 77.9 Å². The van der Waals surface area contributed by atoms with Gasteiger partial charge in [-0.05, 0) is 60.9 Å². The van der Waals surface area contributed by atoms with Gasteiger partial charge in [0.05, 0.1) is 17.0 Å². The van der Waals surface area contributed by atoms with Crippen LogP contribution in [0, 0.1) is 5.82 Å². The van der Waals surface area contributed by atoms with Crippen LogP contribution >= 0.6 is 0 Å².